The standard InChI is InChI=1S/C18H14S2/c1-11-7-8-16(19-11)18-14-6-4-3-5-13(14)10-17-15(18)9-12(2)20-17/h3-10H,1-2H3. The molecule has 4 rings (SSSR count). The van der Waals surface area contributed by atoms with Crippen molar-refractivity contribution in [1.82, 2.24) is 0 Å². The van der Waals surface area contributed by atoms with E-state index in [-0.39, 0.29) is 0 Å². The quantitative estimate of drug-likeness (QED) is 0.381. The Hall–Kier alpha value is -1.64. The third-order valence-corrected chi connectivity index (χ3v) is 5.67. The van der Waals surface area contributed by atoms with Crippen molar-refractivity contribution in [3.05, 3.63) is 58.3 Å². The van der Waals surface area contributed by atoms with Gasteiger partial charge in [0, 0.05) is 30.3 Å². The van der Waals surface area contributed by atoms with Crippen LogP contribution >= 0.6 is 22.7 Å². The van der Waals surface area contributed by atoms with Gasteiger partial charge in [-0.2, -0.15) is 0 Å². The number of hydrogen-bond donors (Lipinski definition) is 0. The Morgan fingerprint density at radius 1 is 0.750 bits per heavy atom. The Morgan fingerprint density at radius 3 is 2.40 bits per heavy atom. The van der Waals surface area contributed by atoms with E-state index in [4.69, 9.17) is 0 Å². The van der Waals surface area contributed by atoms with Crippen LogP contribution < -0.4 is 0 Å². The van der Waals surface area contributed by atoms with Crippen molar-refractivity contribution in [2.45, 2.75) is 13.8 Å². The van der Waals surface area contributed by atoms with Crippen LogP contribution in [0.5, 0.6) is 0 Å². The third-order valence-electron chi connectivity index (χ3n) is 3.66. The van der Waals surface area contributed by atoms with Gasteiger partial charge < -0.3 is 0 Å². The highest BCUT2D eigenvalue weighted by Gasteiger charge is 2.12. The predicted octanol–water partition coefficient (Wildman–Crippen LogP) is 6.40. The molecule has 0 atom stereocenters. The maximum atomic E-state index is 2.33. The lowest BCUT2D eigenvalue weighted by molar-refractivity contribution is 1.64. The molecule has 2 aromatic carbocycles. The number of aryl methyl sites for hydroxylation is 2. The van der Waals surface area contributed by atoms with Gasteiger partial charge in [0.1, 0.15) is 0 Å². The van der Waals surface area contributed by atoms with Gasteiger partial charge in [-0.15, -0.1) is 22.7 Å². The van der Waals surface area contributed by atoms with E-state index in [9.17, 15) is 0 Å². The van der Waals surface area contributed by atoms with Crippen LogP contribution in [-0.4, -0.2) is 0 Å². The van der Waals surface area contributed by atoms with Gasteiger partial charge in [-0.1, -0.05) is 24.3 Å². The minimum atomic E-state index is 1.34. The highest BCUT2D eigenvalue weighted by Crippen LogP contribution is 2.42. The number of hydrogen-bond acceptors (Lipinski definition) is 2. The molecular weight excluding hydrogens is 280 g/mol. The van der Waals surface area contributed by atoms with Crippen molar-refractivity contribution in [3.8, 4) is 10.4 Å². The van der Waals surface area contributed by atoms with Crippen LogP contribution in [-0.2, 0) is 0 Å². The third kappa shape index (κ3) is 1.80. The molecule has 2 heteroatoms. The number of thiophene rings is 2. The molecule has 0 aliphatic heterocycles. The smallest absolute Gasteiger partial charge is 0.0358 e. The van der Waals surface area contributed by atoms with Gasteiger partial charge in [-0.3, -0.25) is 0 Å². The summed E-state index contributed by atoms with van der Waals surface area (Å²) in [6, 6.07) is 17.8. The molecular formula is C18H14S2. The topological polar surface area (TPSA) is 0 Å². The zero-order valence-corrected chi connectivity index (χ0v) is 13.1. The molecule has 98 valence electrons. The molecule has 0 N–H and O–H groups in total. The lowest BCUT2D eigenvalue weighted by Gasteiger charge is -2.07. The summed E-state index contributed by atoms with van der Waals surface area (Å²) in [6.07, 6.45) is 0. The number of benzene rings is 2. The summed E-state index contributed by atoms with van der Waals surface area (Å²) < 4.78 is 1.39. The van der Waals surface area contributed by atoms with Crippen molar-refractivity contribution in [2.75, 3.05) is 0 Å². The lowest BCUT2D eigenvalue weighted by Crippen LogP contribution is -1.79. The average molecular weight is 294 g/mol. The van der Waals surface area contributed by atoms with E-state index in [2.05, 4.69) is 62.4 Å². The number of fused-ring (bicyclic) bond motifs is 2. The molecule has 0 aliphatic carbocycles. The van der Waals surface area contributed by atoms with Crippen LogP contribution in [0.2, 0.25) is 0 Å². The van der Waals surface area contributed by atoms with Gasteiger partial charge in [-0.05, 0) is 48.9 Å². The highest BCUT2D eigenvalue weighted by molar-refractivity contribution is 7.19. The number of rotatable bonds is 1. The molecule has 0 aliphatic rings. The van der Waals surface area contributed by atoms with Crippen LogP contribution in [0.3, 0.4) is 0 Å². The van der Waals surface area contributed by atoms with Gasteiger partial charge >= 0.3 is 0 Å². The van der Waals surface area contributed by atoms with E-state index in [0.29, 0.717) is 0 Å². The molecule has 0 nitrogen and oxygen atoms in total. The molecule has 0 fully saturated rings. The van der Waals surface area contributed by atoms with E-state index >= 15 is 0 Å². The van der Waals surface area contributed by atoms with Gasteiger partial charge in [0.05, 0.1) is 0 Å². The van der Waals surface area contributed by atoms with Crippen molar-refractivity contribution in [1.29, 1.82) is 0 Å². The van der Waals surface area contributed by atoms with E-state index in [1.807, 2.05) is 22.7 Å². The summed E-state index contributed by atoms with van der Waals surface area (Å²) in [6.45, 7) is 4.37. The summed E-state index contributed by atoms with van der Waals surface area (Å²) in [5.41, 5.74) is 1.40. The Labute approximate surface area is 126 Å². The lowest BCUT2D eigenvalue weighted by atomic mass is 9.99. The molecule has 0 saturated carbocycles. The van der Waals surface area contributed by atoms with Crippen molar-refractivity contribution in [3.63, 3.8) is 0 Å². The molecule has 0 spiro atoms. The molecule has 0 unspecified atom stereocenters. The normalized spacial score (nSPS) is 11.5. The van der Waals surface area contributed by atoms with Gasteiger partial charge in [0.15, 0.2) is 0 Å². The maximum absolute atomic E-state index is 2.33. The van der Waals surface area contributed by atoms with Crippen LogP contribution in [0.25, 0.3) is 31.3 Å². The summed E-state index contributed by atoms with van der Waals surface area (Å²) in [5, 5.41) is 4.09. The summed E-state index contributed by atoms with van der Waals surface area (Å²) >= 11 is 3.77. The molecule has 2 heterocycles. The van der Waals surface area contributed by atoms with Gasteiger partial charge in [0.2, 0.25) is 0 Å². The molecule has 0 amide bonds. The second-order valence-electron chi connectivity index (χ2n) is 5.15. The first-order chi connectivity index (χ1) is 9.72. The Kier molecular flexibility index (Phi) is 2.69. The summed E-state index contributed by atoms with van der Waals surface area (Å²) in [7, 11) is 0. The predicted molar refractivity (Wildman–Crippen MR) is 92.1 cm³/mol. The zero-order chi connectivity index (χ0) is 13.7. The second-order valence-corrected chi connectivity index (χ2v) is 7.73. The molecule has 20 heavy (non-hydrogen) atoms. The van der Waals surface area contributed by atoms with Crippen LogP contribution in [0, 0.1) is 13.8 Å². The fourth-order valence-electron chi connectivity index (χ4n) is 2.81. The van der Waals surface area contributed by atoms with E-state index in [1.54, 1.807) is 0 Å². The summed E-state index contributed by atoms with van der Waals surface area (Å²) in [5.74, 6) is 0. The molecule has 0 bridgehead atoms. The minimum absolute atomic E-state index is 1.34. The van der Waals surface area contributed by atoms with Crippen molar-refractivity contribution < 1.29 is 0 Å². The van der Waals surface area contributed by atoms with E-state index < -0.39 is 0 Å². The van der Waals surface area contributed by atoms with Crippen LogP contribution in [0.1, 0.15) is 9.75 Å². The summed E-state index contributed by atoms with van der Waals surface area (Å²) in [4.78, 5) is 4.12. The Bertz CT molecular complexity index is 925. The van der Waals surface area contributed by atoms with Crippen LogP contribution in [0.4, 0.5) is 0 Å². The molecule has 4 aromatic rings. The Balaban J connectivity index is 2.22. The van der Waals surface area contributed by atoms with Crippen LogP contribution in [0.15, 0.2) is 48.5 Å². The van der Waals surface area contributed by atoms with Crippen molar-refractivity contribution in [2.24, 2.45) is 0 Å². The molecule has 0 radical (unpaired) electrons. The fourth-order valence-corrected chi connectivity index (χ4v) is 4.73. The van der Waals surface area contributed by atoms with E-state index in [1.165, 1.54) is 41.1 Å². The first kappa shape index (κ1) is 12.1. The van der Waals surface area contributed by atoms with Gasteiger partial charge in [0.25, 0.3) is 0 Å². The minimum Gasteiger partial charge on any atom is -0.141 e. The first-order valence-electron chi connectivity index (χ1n) is 6.71. The molecule has 0 saturated heterocycles. The monoisotopic (exact) mass is 294 g/mol. The fraction of sp³-hybridized carbons (Fsp3) is 0.111. The first-order valence-corrected chi connectivity index (χ1v) is 8.34. The average Bonchev–Trinajstić information content (AvgIpc) is 3.00. The zero-order valence-electron chi connectivity index (χ0n) is 11.4. The highest BCUT2D eigenvalue weighted by atomic mass is 32.1. The van der Waals surface area contributed by atoms with Crippen molar-refractivity contribution >= 4 is 43.5 Å². The Morgan fingerprint density at radius 2 is 1.60 bits per heavy atom. The second kappa shape index (κ2) is 4.44. The van der Waals surface area contributed by atoms with E-state index in [0.717, 1.165) is 0 Å². The van der Waals surface area contributed by atoms with Gasteiger partial charge in [-0.25, -0.2) is 0 Å². The SMILES string of the molecule is Cc1ccc(-c2c3ccccc3cc3sc(C)cc23)s1. The largest absolute Gasteiger partial charge is 0.141 e. The maximum Gasteiger partial charge on any atom is 0.0358 e. The molecule has 2 aromatic heterocycles.